The van der Waals surface area contributed by atoms with E-state index in [0.29, 0.717) is 0 Å². The highest BCUT2D eigenvalue weighted by molar-refractivity contribution is 5.30. The van der Waals surface area contributed by atoms with Crippen LogP contribution in [0, 0.1) is 0 Å². The number of hydrogen-bond donors (Lipinski definition) is 1. The molecule has 0 amide bonds. The zero-order valence-corrected chi connectivity index (χ0v) is 12.1. The zero-order valence-electron chi connectivity index (χ0n) is 12.1. The fourth-order valence-electron chi connectivity index (χ4n) is 3.43. The molecule has 20 heavy (non-hydrogen) atoms. The van der Waals surface area contributed by atoms with E-state index in [-0.39, 0.29) is 11.5 Å². The molecule has 1 unspecified atom stereocenters. The maximum absolute atomic E-state index is 6.58. The van der Waals surface area contributed by atoms with Gasteiger partial charge in [-0.2, -0.15) is 5.10 Å². The zero-order chi connectivity index (χ0) is 14.0. The van der Waals surface area contributed by atoms with Crippen LogP contribution in [0.1, 0.15) is 36.9 Å². The van der Waals surface area contributed by atoms with E-state index in [1.807, 2.05) is 17.9 Å². The number of nitrogens with zero attached hydrogens (tertiary/aromatic N) is 2. The van der Waals surface area contributed by atoms with Gasteiger partial charge < -0.3 is 5.73 Å². The standard InChI is InChI=1S/C17H23N3/c1-20-15(10-13-19-20)8-9-16(18)17(11-5-12-17)14-6-3-2-4-7-14/h2-4,6-7,10,13,16H,5,8-9,11-12,18H2,1H3. The number of benzene rings is 1. The maximum atomic E-state index is 6.58. The average Bonchev–Trinajstić information content (AvgIpc) is 2.82. The van der Waals surface area contributed by atoms with Crippen LogP contribution in [0.5, 0.6) is 0 Å². The van der Waals surface area contributed by atoms with E-state index in [1.54, 1.807) is 0 Å². The molecule has 2 aromatic rings. The number of nitrogens with two attached hydrogens (primary N) is 1. The van der Waals surface area contributed by atoms with Crippen LogP contribution in [0.4, 0.5) is 0 Å². The van der Waals surface area contributed by atoms with E-state index in [9.17, 15) is 0 Å². The first-order valence-electron chi connectivity index (χ1n) is 7.50. The van der Waals surface area contributed by atoms with Crippen molar-refractivity contribution in [3.05, 3.63) is 53.9 Å². The summed E-state index contributed by atoms with van der Waals surface area (Å²) in [5.41, 5.74) is 9.48. The summed E-state index contributed by atoms with van der Waals surface area (Å²) < 4.78 is 1.95. The molecule has 1 aromatic heterocycles. The smallest absolute Gasteiger partial charge is 0.0492 e. The Morgan fingerprint density at radius 2 is 2.00 bits per heavy atom. The third-order valence-corrected chi connectivity index (χ3v) is 4.94. The van der Waals surface area contributed by atoms with Crippen molar-refractivity contribution < 1.29 is 0 Å². The van der Waals surface area contributed by atoms with Gasteiger partial charge in [0.15, 0.2) is 0 Å². The fraction of sp³-hybridized carbons (Fsp3) is 0.471. The van der Waals surface area contributed by atoms with E-state index < -0.39 is 0 Å². The molecule has 2 N–H and O–H groups in total. The highest BCUT2D eigenvalue weighted by Crippen LogP contribution is 2.46. The Hall–Kier alpha value is -1.61. The third kappa shape index (κ3) is 2.27. The number of hydrogen-bond acceptors (Lipinski definition) is 2. The van der Waals surface area contributed by atoms with Gasteiger partial charge in [0, 0.05) is 30.4 Å². The number of aromatic nitrogens is 2. The molecule has 1 aliphatic carbocycles. The van der Waals surface area contributed by atoms with E-state index >= 15 is 0 Å². The van der Waals surface area contributed by atoms with E-state index in [0.717, 1.165) is 12.8 Å². The maximum Gasteiger partial charge on any atom is 0.0492 e. The summed E-state index contributed by atoms with van der Waals surface area (Å²) >= 11 is 0. The molecule has 1 saturated carbocycles. The number of rotatable bonds is 5. The lowest BCUT2D eigenvalue weighted by atomic mass is 9.59. The second-order valence-electron chi connectivity index (χ2n) is 5.97. The molecule has 0 radical (unpaired) electrons. The van der Waals surface area contributed by atoms with Crippen molar-refractivity contribution in [2.24, 2.45) is 12.8 Å². The first kappa shape index (κ1) is 13.4. The minimum Gasteiger partial charge on any atom is -0.327 e. The van der Waals surface area contributed by atoms with Crippen LogP contribution < -0.4 is 5.73 Å². The summed E-state index contributed by atoms with van der Waals surface area (Å²) in [5.74, 6) is 0. The lowest BCUT2D eigenvalue weighted by molar-refractivity contribution is 0.188. The highest BCUT2D eigenvalue weighted by atomic mass is 15.2. The van der Waals surface area contributed by atoms with Crippen molar-refractivity contribution in [1.82, 2.24) is 9.78 Å². The molecule has 1 atom stereocenters. The van der Waals surface area contributed by atoms with Gasteiger partial charge in [0.25, 0.3) is 0 Å². The molecule has 0 bridgehead atoms. The van der Waals surface area contributed by atoms with Gasteiger partial charge in [-0.05, 0) is 37.3 Å². The lowest BCUT2D eigenvalue weighted by Gasteiger charge is -2.47. The Bertz CT molecular complexity index is 555. The molecular weight excluding hydrogens is 246 g/mol. The average molecular weight is 269 g/mol. The molecule has 106 valence electrons. The minimum atomic E-state index is 0.208. The topological polar surface area (TPSA) is 43.8 Å². The SMILES string of the molecule is Cn1nccc1CCC(N)C1(c2ccccc2)CCC1. The Morgan fingerprint density at radius 3 is 2.55 bits per heavy atom. The van der Waals surface area contributed by atoms with Crippen molar-refractivity contribution >= 4 is 0 Å². The molecule has 0 spiro atoms. The van der Waals surface area contributed by atoms with Crippen LogP contribution in [0.2, 0.25) is 0 Å². The molecule has 3 heteroatoms. The quantitative estimate of drug-likeness (QED) is 0.907. The summed E-state index contributed by atoms with van der Waals surface area (Å²) in [6, 6.07) is 13.1. The fourth-order valence-corrected chi connectivity index (χ4v) is 3.43. The normalized spacial score (nSPS) is 18.5. The van der Waals surface area contributed by atoms with Crippen molar-refractivity contribution in [3.8, 4) is 0 Å². The second-order valence-corrected chi connectivity index (χ2v) is 5.97. The van der Waals surface area contributed by atoms with Crippen LogP contribution in [-0.4, -0.2) is 15.8 Å². The monoisotopic (exact) mass is 269 g/mol. The summed E-state index contributed by atoms with van der Waals surface area (Å²) in [6.07, 6.45) is 7.64. The largest absolute Gasteiger partial charge is 0.327 e. The van der Waals surface area contributed by atoms with Crippen molar-refractivity contribution in [2.45, 2.75) is 43.6 Å². The van der Waals surface area contributed by atoms with Crippen molar-refractivity contribution in [2.75, 3.05) is 0 Å². The van der Waals surface area contributed by atoms with Crippen molar-refractivity contribution in [1.29, 1.82) is 0 Å². The molecular formula is C17H23N3. The molecule has 1 aliphatic rings. The van der Waals surface area contributed by atoms with Gasteiger partial charge >= 0.3 is 0 Å². The van der Waals surface area contributed by atoms with E-state index in [4.69, 9.17) is 5.73 Å². The highest BCUT2D eigenvalue weighted by Gasteiger charge is 2.43. The van der Waals surface area contributed by atoms with Crippen LogP contribution in [0.3, 0.4) is 0 Å². The van der Waals surface area contributed by atoms with Crippen LogP contribution in [0.15, 0.2) is 42.6 Å². The molecule has 1 heterocycles. The Balaban J connectivity index is 1.72. The van der Waals surface area contributed by atoms with Gasteiger partial charge in [0.1, 0.15) is 0 Å². The van der Waals surface area contributed by atoms with Gasteiger partial charge in [-0.3, -0.25) is 4.68 Å². The van der Waals surface area contributed by atoms with Gasteiger partial charge in [-0.15, -0.1) is 0 Å². The van der Waals surface area contributed by atoms with Crippen LogP contribution >= 0.6 is 0 Å². The summed E-state index contributed by atoms with van der Waals surface area (Å²) in [7, 11) is 2.00. The Kier molecular flexibility index (Phi) is 3.62. The summed E-state index contributed by atoms with van der Waals surface area (Å²) in [4.78, 5) is 0. The van der Waals surface area contributed by atoms with E-state index in [2.05, 4.69) is 41.5 Å². The Morgan fingerprint density at radius 1 is 1.25 bits per heavy atom. The molecule has 1 aromatic carbocycles. The third-order valence-electron chi connectivity index (χ3n) is 4.94. The first-order chi connectivity index (χ1) is 9.72. The van der Waals surface area contributed by atoms with Gasteiger partial charge in [0.05, 0.1) is 0 Å². The number of aryl methyl sites for hydroxylation is 2. The molecule has 1 fully saturated rings. The van der Waals surface area contributed by atoms with Gasteiger partial charge in [0.2, 0.25) is 0 Å². The predicted octanol–water partition coefficient (Wildman–Crippen LogP) is 2.80. The predicted molar refractivity (Wildman–Crippen MR) is 81.5 cm³/mol. The summed E-state index contributed by atoms with van der Waals surface area (Å²) in [6.45, 7) is 0. The van der Waals surface area contributed by atoms with Crippen LogP contribution in [0.25, 0.3) is 0 Å². The Labute approximate surface area is 120 Å². The second kappa shape index (κ2) is 5.41. The van der Waals surface area contributed by atoms with Gasteiger partial charge in [-0.25, -0.2) is 0 Å². The summed E-state index contributed by atoms with van der Waals surface area (Å²) in [5, 5.41) is 4.22. The molecule has 0 saturated heterocycles. The van der Waals surface area contributed by atoms with E-state index in [1.165, 1.54) is 30.5 Å². The lowest BCUT2D eigenvalue weighted by Crippen LogP contribution is -2.50. The minimum absolute atomic E-state index is 0.208. The molecule has 3 nitrogen and oxygen atoms in total. The van der Waals surface area contributed by atoms with Crippen molar-refractivity contribution in [3.63, 3.8) is 0 Å². The molecule has 0 aliphatic heterocycles. The van der Waals surface area contributed by atoms with Crippen LogP contribution in [-0.2, 0) is 18.9 Å². The van der Waals surface area contributed by atoms with Gasteiger partial charge in [-0.1, -0.05) is 36.8 Å². The first-order valence-corrected chi connectivity index (χ1v) is 7.50. The molecule has 3 rings (SSSR count).